The molecule has 0 aliphatic carbocycles. The van der Waals surface area contributed by atoms with Crippen LogP contribution in [0.2, 0.25) is 0 Å². The lowest BCUT2D eigenvalue weighted by atomic mass is 10.2. The standard InChI is InChI=1S/C15H12FN5O4S/c1-25-9-4-2-3-8(5-9)13-19-20-14(26-13)17-11(22)7-21-6-10(16)12(23)18-15(21)24/h2-6H,7H2,1H3,(H,17,20,22)(H,18,23,24). The van der Waals surface area contributed by atoms with Crippen molar-refractivity contribution in [3.63, 3.8) is 0 Å². The minimum Gasteiger partial charge on any atom is -0.497 e. The van der Waals surface area contributed by atoms with Gasteiger partial charge in [0.15, 0.2) is 0 Å². The predicted molar refractivity (Wildman–Crippen MR) is 91.8 cm³/mol. The number of carbonyl (C=O) groups is 1. The van der Waals surface area contributed by atoms with Crippen molar-refractivity contribution < 1.29 is 13.9 Å². The molecule has 1 aromatic carbocycles. The van der Waals surface area contributed by atoms with Crippen LogP contribution in [-0.2, 0) is 11.3 Å². The Morgan fingerprint density at radius 1 is 1.38 bits per heavy atom. The average Bonchev–Trinajstić information content (AvgIpc) is 3.08. The average molecular weight is 377 g/mol. The van der Waals surface area contributed by atoms with E-state index in [9.17, 15) is 18.8 Å². The summed E-state index contributed by atoms with van der Waals surface area (Å²) in [6.07, 6.45) is 0.669. The van der Waals surface area contributed by atoms with Crippen molar-refractivity contribution in [2.45, 2.75) is 6.54 Å². The first-order chi connectivity index (χ1) is 12.5. The summed E-state index contributed by atoms with van der Waals surface area (Å²) in [5.41, 5.74) is -1.26. The molecule has 0 spiro atoms. The monoisotopic (exact) mass is 377 g/mol. The van der Waals surface area contributed by atoms with E-state index in [0.29, 0.717) is 17.0 Å². The van der Waals surface area contributed by atoms with Gasteiger partial charge in [-0.1, -0.05) is 23.5 Å². The van der Waals surface area contributed by atoms with E-state index in [2.05, 4.69) is 15.5 Å². The van der Waals surface area contributed by atoms with E-state index in [1.165, 1.54) is 0 Å². The number of aromatic nitrogens is 4. The van der Waals surface area contributed by atoms with Gasteiger partial charge in [0.05, 0.1) is 13.3 Å². The summed E-state index contributed by atoms with van der Waals surface area (Å²) in [5.74, 6) is -1.12. The van der Waals surface area contributed by atoms with Gasteiger partial charge in [0.1, 0.15) is 17.3 Å². The van der Waals surface area contributed by atoms with Gasteiger partial charge in [-0.05, 0) is 12.1 Å². The fourth-order valence-electron chi connectivity index (χ4n) is 2.06. The Kier molecular flexibility index (Phi) is 4.89. The topological polar surface area (TPSA) is 119 Å². The minimum atomic E-state index is -1.16. The number of ether oxygens (including phenoxy) is 1. The maximum Gasteiger partial charge on any atom is 0.328 e. The molecule has 134 valence electrons. The van der Waals surface area contributed by atoms with Crippen LogP contribution in [0.5, 0.6) is 5.75 Å². The zero-order valence-electron chi connectivity index (χ0n) is 13.4. The number of amides is 1. The number of hydrogen-bond donors (Lipinski definition) is 2. The molecular formula is C15H12FN5O4S. The van der Waals surface area contributed by atoms with Gasteiger partial charge in [-0.15, -0.1) is 10.2 Å². The largest absolute Gasteiger partial charge is 0.497 e. The second-order valence-corrected chi connectivity index (χ2v) is 6.03. The van der Waals surface area contributed by atoms with Crippen LogP contribution in [0.3, 0.4) is 0 Å². The molecule has 0 saturated carbocycles. The molecule has 0 aliphatic rings. The molecule has 0 radical (unpaired) electrons. The summed E-state index contributed by atoms with van der Waals surface area (Å²) in [6.45, 7) is -0.486. The number of nitrogens with zero attached hydrogens (tertiary/aromatic N) is 3. The van der Waals surface area contributed by atoms with Gasteiger partial charge in [0, 0.05) is 5.56 Å². The van der Waals surface area contributed by atoms with Crippen molar-refractivity contribution in [2.75, 3.05) is 12.4 Å². The Morgan fingerprint density at radius 3 is 2.96 bits per heavy atom. The van der Waals surface area contributed by atoms with E-state index in [-0.39, 0.29) is 5.13 Å². The molecule has 0 atom stereocenters. The highest BCUT2D eigenvalue weighted by Crippen LogP contribution is 2.28. The Morgan fingerprint density at radius 2 is 2.19 bits per heavy atom. The van der Waals surface area contributed by atoms with E-state index < -0.39 is 29.5 Å². The van der Waals surface area contributed by atoms with E-state index in [4.69, 9.17) is 4.74 Å². The summed E-state index contributed by atoms with van der Waals surface area (Å²) >= 11 is 1.12. The van der Waals surface area contributed by atoms with Gasteiger partial charge in [-0.2, -0.15) is 4.39 Å². The van der Waals surface area contributed by atoms with Gasteiger partial charge in [-0.25, -0.2) is 4.79 Å². The van der Waals surface area contributed by atoms with Crippen molar-refractivity contribution in [1.82, 2.24) is 19.7 Å². The van der Waals surface area contributed by atoms with Gasteiger partial charge in [-0.3, -0.25) is 24.5 Å². The SMILES string of the molecule is COc1cccc(-c2nnc(NC(=O)Cn3cc(F)c(=O)[nH]c3=O)s2)c1. The molecule has 0 aliphatic heterocycles. The quantitative estimate of drug-likeness (QED) is 0.680. The third-order valence-electron chi connectivity index (χ3n) is 3.27. The molecule has 0 saturated heterocycles. The highest BCUT2D eigenvalue weighted by molar-refractivity contribution is 7.18. The number of methoxy groups -OCH3 is 1. The summed E-state index contributed by atoms with van der Waals surface area (Å²) in [4.78, 5) is 36.3. The molecule has 9 nitrogen and oxygen atoms in total. The highest BCUT2D eigenvalue weighted by atomic mass is 32.1. The number of halogens is 1. The lowest BCUT2D eigenvalue weighted by Gasteiger charge is -2.04. The first kappa shape index (κ1) is 17.5. The minimum absolute atomic E-state index is 0.214. The molecular weight excluding hydrogens is 365 g/mol. The van der Waals surface area contributed by atoms with E-state index >= 15 is 0 Å². The number of aromatic amines is 1. The number of anilines is 1. The second-order valence-electron chi connectivity index (χ2n) is 5.06. The van der Waals surface area contributed by atoms with Crippen molar-refractivity contribution >= 4 is 22.4 Å². The van der Waals surface area contributed by atoms with Crippen LogP contribution < -0.4 is 21.3 Å². The third kappa shape index (κ3) is 3.83. The first-order valence-electron chi connectivity index (χ1n) is 7.23. The van der Waals surface area contributed by atoms with E-state index in [0.717, 1.165) is 21.5 Å². The van der Waals surface area contributed by atoms with Crippen molar-refractivity contribution in [3.8, 4) is 16.3 Å². The van der Waals surface area contributed by atoms with Crippen molar-refractivity contribution in [3.05, 3.63) is 57.1 Å². The van der Waals surface area contributed by atoms with Gasteiger partial charge in [0.2, 0.25) is 16.9 Å². The zero-order valence-corrected chi connectivity index (χ0v) is 14.2. The van der Waals surface area contributed by atoms with Crippen LogP contribution in [0.4, 0.5) is 9.52 Å². The summed E-state index contributed by atoms with van der Waals surface area (Å²) in [7, 11) is 1.55. The lowest BCUT2D eigenvalue weighted by molar-refractivity contribution is -0.116. The smallest absolute Gasteiger partial charge is 0.328 e. The Labute approximate surface area is 149 Å². The van der Waals surface area contributed by atoms with Gasteiger partial charge >= 0.3 is 5.69 Å². The molecule has 2 heterocycles. The van der Waals surface area contributed by atoms with Crippen LogP contribution in [0.1, 0.15) is 0 Å². The number of benzene rings is 1. The normalized spacial score (nSPS) is 10.5. The lowest BCUT2D eigenvalue weighted by Crippen LogP contribution is -2.34. The Bertz CT molecular complexity index is 1070. The highest BCUT2D eigenvalue weighted by Gasteiger charge is 2.12. The molecule has 2 aromatic heterocycles. The molecule has 3 rings (SSSR count). The van der Waals surface area contributed by atoms with Gasteiger partial charge in [0.25, 0.3) is 5.56 Å². The number of rotatable bonds is 5. The van der Waals surface area contributed by atoms with Crippen LogP contribution >= 0.6 is 11.3 Å². The molecule has 2 N–H and O–H groups in total. The fourth-order valence-corrected chi connectivity index (χ4v) is 2.82. The van der Waals surface area contributed by atoms with Gasteiger partial charge < -0.3 is 4.74 Å². The molecule has 11 heteroatoms. The number of carbonyl (C=O) groups excluding carboxylic acids is 1. The number of nitrogens with one attached hydrogen (secondary N) is 2. The predicted octanol–water partition coefficient (Wildman–Crippen LogP) is 0.841. The first-order valence-corrected chi connectivity index (χ1v) is 8.05. The Balaban J connectivity index is 1.73. The van der Waals surface area contributed by atoms with E-state index in [1.807, 2.05) is 6.07 Å². The maximum absolute atomic E-state index is 13.2. The molecule has 3 aromatic rings. The number of H-pyrrole nitrogens is 1. The van der Waals surface area contributed by atoms with Crippen LogP contribution in [-0.4, -0.2) is 32.8 Å². The summed E-state index contributed by atoms with van der Waals surface area (Å²) < 4.78 is 19.1. The molecule has 0 bridgehead atoms. The maximum atomic E-state index is 13.2. The molecule has 26 heavy (non-hydrogen) atoms. The van der Waals surface area contributed by atoms with Crippen LogP contribution in [0.25, 0.3) is 10.6 Å². The van der Waals surface area contributed by atoms with Crippen LogP contribution in [0.15, 0.2) is 40.1 Å². The number of hydrogen-bond acceptors (Lipinski definition) is 7. The molecule has 0 unspecified atom stereocenters. The summed E-state index contributed by atoms with van der Waals surface area (Å²) in [5, 5.41) is 11.1. The molecule has 1 amide bonds. The van der Waals surface area contributed by atoms with E-state index in [1.54, 1.807) is 30.3 Å². The molecule has 0 fully saturated rings. The second kappa shape index (κ2) is 7.27. The Hall–Kier alpha value is -3.34. The van der Waals surface area contributed by atoms with Crippen LogP contribution in [0, 0.1) is 5.82 Å². The van der Waals surface area contributed by atoms with Crippen molar-refractivity contribution in [1.29, 1.82) is 0 Å². The summed E-state index contributed by atoms with van der Waals surface area (Å²) in [6, 6.07) is 7.17. The fraction of sp³-hybridized carbons (Fsp3) is 0.133. The third-order valence-corrected chi connectivity index (χ3v) is 4.16. The zero-order chi connectivity index (χ0) is 18.7. The van der Waals surface area contributed by atoms with Crippen molar-refractivity contribution in [2.24, 2.45) is 0 Å².